The maximum atomic E-state index is 6.94. The van der Waals surface area contributed by atoms with Crippen LogP contribution in [0.4, 0.5) is 34.1 Å². The lowest BCUT2D eigenvalue weighted by Crippen LogP contribution is -2.37. The van der Waals surface area contributed by atoms with E-state index in [1.54, 1.807) is 0 Å². The van der Waals surface area contributed by atoms with Gasteiger partial charge in [-0.2, -0.15) is 0 Å². The number of hydrogen-bond acceptors (Lipinski definition) is 3. The quantitative estimate of drug-likeness (QED) is 0.127. The average molecular weight is 1010 g/mol. The maximum absolute atomic E-state index is 6.94. The molecule has 374 valence electrons. The smallest absolute Gasteiger partial charge is 0.136 e. The zero-order valence-electron chi connectivity index (χ0n) is 45.9. The van der Waals surface area contributed by atoms with Crippen molar-refractivity contribution in [1.82, 2.24) is 0 Å². The first-order valence-corrected chi connectivity index (χ1v) is 33.7. The highest BCUT2D eigenvalue weighted by Gasteiger charge is 2.26. The highest BCUT2D eigenvalue weighted by molar-refractivity contribution is 6.89. The van der Waals surface area contributed by atoms with Gasteiger partial charge in [-0.1, -0.05) is 213 Å². The Labute approximate surface area is 447 Å². The van der Waals surface area contributed by atoms with E-state index in [1.807, 2.05) is 0 Å². The van der Waals surface area contributed by atoms with Gasteiger partial charge in [0.15, 0.2) is 0 Å². The normalized spacial score (nSPS) is 12.5. The van der Waals surface area contributed by atoms with E-state index in [4.69, 9.17) is 4.42 Å². The van der Waals surface area contributed by atoms with Crippen LogP contribution in [0.5, 0.6) is 0 Å². The molecule has 0 bridgehead atoms. The molecule has 11 aromatic rings. The van der Waals surface area contributed by atoms with Gasteiger partial charge in [0.2, 0.25) is 0 Å². The predicted molar refractivity (Wildman–Crippen MR) is 332 cm³/mol. The lowest BCUT2D eigenvalue weighted by atomic mass is 9.85. The van der Waals surface area contributed by atoms with E-state index in [0.717, 1.165) is 66.8 Å². The van der Waals surface area contributed by atoms with Crippen LogP contribution in [0, 0.1) is 0 Å². The van der Waals surface area contributed by atoms with Gasteiger partial charge in [0.25, 0.3) is 0 Å². The molecular weight excluding hydrogens is 941 g/mol. The Morgan fingerprint density at radius 1 is 0.333 bits per heavy atom. The predicted octanol–water partition coefficient (Wildman–Crippen LogP) is 19.9. The fourth-order valence-corrected chi connectivity index (χ4v) is 13.0. The molecule has 0 saturated heterocycles. The monoisotopic (exact) mass is 1010 g/mol. The molecule has 0 spiro atoms. The van der Waals surface area contributed by atoms with Gasteiger partial charge in [0.05, 0.1) is 27.5 Å². The summed E-state index contributed by atoms with van der Waals surface area (Å²) in [5.41, 5.74) is 15.8. The number of anilines is 6. The summed E-state index contributed by atoms with van der Waals surface area (Å²) in [5.74, 6) is 0. The topological polar surface area (TPSA) is 19.6 Å². The van der Waals surface area contributed by atoms with Gasteiger partial charge in [-0.15, -0.1) is 0 Å². The molecule has 0 unspecified atom stereocenters. The molecule has 0 N–H and O–H groups in total. The Hall–Kier alpha value is -7.45. The molecule has 1 aromatic heterocycles. The van der Waals surface area contributed by atoms with Gasteiger partial charge in [0.1, 0.15) is 11.2 Å². The van der Waals surface area contributed by atoms with E-state index in [9.17, 15) is 0 Å². The number of nitrogens with zero attached hydrogens (tertiary/aromatic N) is 2. The SMILES string of the molecule is CC(C)(C)c1ccc(-c2ccccc2)c(N(c2ccc([Si](C)(C)C)cc2)c2ccc3cc4c(cc3c2)oc2cc3cc(N(c5ccc([Si](C)(C)C)cc5)c5cc(C(C)(C)C)ccc5-c5ccccc5)ccc3cc24)c1. The average Bonchev–Trinajstić information content (AvgIpc) is 3.74. The highest BCUT2D eigenvalue weighted by Crippen LogP contribution is 2.47. The molecule has 0 atom stereocenters. The third-order valence-electron chi connectivity index (χ3n) is 15.2. The minimum Gasteiger partial charge on any atom is -0.456 e. The minimum atomic E-state index is -1.54. The molecule has 1 heterocycles. The summed E-state index contributed by atoms with van der Waals surface area (Å²) in [6.07, 6.45) is 0. The van der Waals surface area contributed by atoms with Gasteiger partial charge in [-0.3, -0.25) is 0 Å². The van der Waals surface area contributed by atoms with Crippen LogP contribution in [0.15, 0.2) is 211 Å². The fraction of sp³-hybridized carbons (Fsp3) is 0.200. The molecule has 75 heavy (non-hydrogen) atoms. The third kappa shape index (κ3) is 9.76. The van der Waals surface area contributed by atoms with E-state index < -0.39 is 16.1 Å². The number of benzene rings is 10. The number of furan rings is 1. The van der Waals surface area contributed by atoms with Crippen LogP contribution in [-0.2, 0) is 10.8 Å². The Morgan fingerprint density at radius 3 is 1.04 bits per heavy atom. The summed E-state index contributed by atoms with van der Waals surface area (Å²) in [6.45, 7) is 28.3. The Kier molecular flexibility index (Phi) is 12.4. The largest absolute Gasteiger partial charge is 0.456 e. The zero-order chi connectivity index (χ0) is 52.6. The summed E-state index contributed by atoms with van der Waals surface area (Å²) in [5, 5.41) is 9.74. The molecule has 0 radical (unpaired) electrons. The highest BCUT2D eigenvalue weighted by atomic mass is 28.3. The summed E-state index contributed by atoms with van der Waals surface area (Å²) < 4.78 is 6.94. The second-order valence-corrected chi connectivity index (χ2v) is 35.0. The summed E-state index contributed by atoms with van der Waals surface area (Å²) in [4.78, 5) is 4.93. The van der Waals surface area contributed by atoms with Crippen LogP contribution in [0.2, 0.25) is 39.3 Å². The zero-order valence-corrected chi connectivity index (χ0v) is 47.9. The molecule has 0 aliphatic heterocycles. The first-order valence-electron chi connectivity index (χ1n) is 26.7. The first-order chi connectivity index (χ1) is 35.7. The maximum Gasteiger partial charge on any atom is 0.136 e. The minimum absolute atomic E-state index is 0.0388. The van der Waals surface area contributed by atoms with Gasteiger partial charge in [-0.05, 0) is 140 Å². The van der Waals surface area contributed by atoms with Gasteiger partial charge >= 0.3 is 0 Å². The van der Waals surface area contributed by atoms with E-state index >= 15 is 0 Å². The van der Waals surface area contributed by atoms with Gasteiger partial charge in [0, 0.05) is 44.6 Å². The molecule has 10 aromatic carbocycles. The molecular formula is C70H70N2OSi2. The van der Waals surface area contributed by atoms with E-state index in [-0.39, 0.29) is 10.8 Å². The van der Waals surface area contributed by atoms with Crippen molar-refractivity contribution >= 4 is 104 Å². The van der Waals surface area contributed by atoms with E-state index in [0.29, 0.717) is 0 Å². The van der Waals surface area contributed by atoms with Crippen molar-refractivity contribution in [2.45, 2.75) is 91.7 Å². The van der Waals surface area contributed by atoms with Crippen LogP contribution in [0.25, 0.3) is 65.7 Å². The van der Waals surface area contributed by atoms with Crippen LogP contribution in [-0.4, -0.2) is 16.1 Å². The number of fused-ring (bicyclic) bond motifs is 5. The van der Waals surface area contributed by atoms with Crippen molar-refractivity contribution in [2.75, 3.05) is 9.80 Å². The Morgan fingerprint density at radius 2 is 0.693 bits per heavy atom. The molecule has 3 nitrogen and oxygen atoms in total. The second kappa shape index (κ2) is 18.7. The van der Waals surface area contributed by atoms with Gasteiger partial charge < -0.3 is 14.2 Å². The molecule has 5 heteroatoms. The molecule has 0 fully saturated rings. The van der Waals surface area contributed by atoms with Crippen LogP contribution in [0.3, 0.4) is 0 Å². The summed E-state index contributed by atoms with van der Waals surface area (Å²) in [7, 11) is -3.07. The molecule has 0 aliphatic carbocycles. The van der Waals surface area contributed by atoms with Crippen molar-refractivity contribution in [3.8, 4) is 22.3 Å². The summed E-state index contributed by atoms with van der Waals surface area (Å²) in [6, 6.07) is 77.4. The number of rotatable bonds is 10. The van der Waals surface area contributed by atoms with Crippen molar-refractivity contribution in [2.24, 2.45) is 0 Å². The van der Waals surface area contributed by atoms with E-state index in [2.05, 4.69) is 297 Å². The Balaban J connectivity index is 1.06. The molecule has 0 aliphatic rings. The van der Waals surface area contributed by atoms with E-state index in [1.165, 1.54) is 54.5 Å². The van der Waals surface area contributed by atoms with Crippen molar-refractivity contribution < 1.29 is 4.42 Å². The molecule has 0 amide bonds. The van der Waals surface area contributed by atoms with Crippen LogP contribution < -0.4 is 20.2 Å². The molecule has 0 saturated carbocycles. The summed E-state index contributed by atoms with van der Waals surface area (Å²) >= 11 is 0. The lowest BCUT2D eigenvalue weighted by Gasteiger charge is -2.31. The number of hydrogen-bond donors (Lipinski definition) is 0. The first kappa shape index (κ1) is 49.7. The van der Waals surface area contributed by atoms with Crippen molar-refractivity contribution in [1.29, 1.82) is 0 Å². The Bertz CT molecular complexity index is 3650. The van der Waals surface area contributed by atoms with Crippen LogP contribution in [0.1, 0.15) is 52.7 Å². The second-order valence-electron chi connectivity index (χ2n) is 24.8. The van der Waals surface area contributed by atoms with Crippen LogP contribution >= 0.6 is 0 Å². The molecule has 11 rings (SSSR count). The van der Waals surface area contributed by atoms with Crippen molar-refractivity contribution in [3.05, 3.63) is 217 Å². The van der Waals surface area contributed by atoms with Gasteiger partial charge in [-0.25, -0.2) is 0 Å². The lowest BCUT2D eigenvalue weighted by molar-refractivity contribution is 0.590. The third-order valence-corrected chi connectivity index (χ3v) is 19.4. The standard InChI is InChI=1S/C70H70N2OSi2/c1-69(2,3)53-25-37-61(47-19-15-13-16-20-47)65(45-53)71(55-29-33-59(34-30-55)74(7,8)9)57-27-23-49-41-63-64-42-50-24-28-58(40-52(50)44-68(64)73-67(63)43-51(49)39-57)72(56-31-35-60(36-32-56)75(10,11)12)66-46-54(70(4,5)6)26-38-62(66)48-21-17-14-18-22-48/h13-46H,1-12H3. The fourth-order valence-electron chi connectivity index (χ4n) is 10.7. The van der Waals surface area contributed by atoms with Crippen molar-refractivity contribution in [3.63, 3.8) is 0 Å².